The molecule has 0 saturated carbocycles. The highest BCUT2D eigenvalue weighted by Gasteiger charge is 2.41. The number of nitrogens with zero attached hydrogens (tertiary/aromatic N) is 1. The minimum Gasteiger partial charge on any atom is -0.480 e. The molecule has 14 N–H and O–H groups in total. The Kier molecular flexibility index (Phi) is 17.7. The molecule has 0 unspecified atom stereocenters. The van der Waals surface area contributed by atoms with Crippen molar-refractivity contribution in [2.75, 3.05) is 13.2 Å². The zero-order chi connectivity index (χ0) is 46.4. The number of nitrogens with two attached hydrogens (primary N) is 3. The molecule has 0 spiro atoms. The molecule has 1 aromatic heterocycles. The van der Waals surface area contributed by atoms with E-state index in [1.165, 1.54) is 4.90 Å². The smallest absolute Gasteiger partial charge is 0.328 e. The predicted octanol–water partition coefficient (Wildman–Crippen LogP) is -2.43. The van der Waals surface area contributed by atoms with Gasteiger partial charge in [0.15, 0.2) is 0 Å². The van der Waals surface area contributed by atoms with Gasteiger partial charge < -0.3 is 63.9 Å². The van der Waals surface area contributed by atoms with E-state index >= 15 is 0 Å². The number of H-pyrrole nitrogens is 1. The van der Waals surface area contributed by atoms with Gasteiger partial charge in [-0.3, -0.25) is 38.4 Å². The summed E-state index contributed by atoms with van der Waals surface area (Å²) < 4.78 is 0. The van der Waals surface area contributed by atoms with E-state index in [4.69, 9.17) is 17.2 Å². The summed E-state index contributed by atoms with van der Waals surface area (Å²) in [4.78, 5) is 122. The molecule has 8 amide bonds. The molecule has 21 nitrogen and oxygen atoms in total. The highest BCUT2D eigenvalue weighted by Crippen LogP contribution is 2.23. The molecule has 2 aromatic carbocycles. The van der Waals surface area contributed by atoms with Gasteiger partial charge in [0.25, 0.3) is 0 Å². The first-order valence-corrected chi connectivity index (χ1v) is 20.5. The van der Waals surface area contributed by atoms with Gasteiger partial charge in [-0.25, -0.2) is 4.79 Å². The van der Waals surface area contributed by atoms with E-state index in [2.05, 4.69) is 31.6 Å². The summed E-state index contributed by atoms with van der Waals surface area (Å²) in [6.07, 6.45) is 1.06. The number of benzene rings is 2. The molecule has 1 aliphatic heterocycles. The molecule has 8 atom stereocenters. The number of primary amides is 2. The number of hydrogen-bond donors (Lipinski definition) is 11. The van der Waals surface area contributed by atoms with Gasteiger partial charge in [0, 0.05) is 30.1 Å². The Labute approximate surface area is 362 Å². The first kappa shape index (κ1) is 48.8. The van der Waals surface area contributed by atoms with Crippen LogP contribution < -0.4 is 43.8 Å². The van der Waals surface area contributed by atoms with Crippen molar-refractivity contribution in [3.05, 3.63) is 71.9 Å². The molecule has 1 fully saturated rings. The van der Waals surface area contributed by atoms with Crippen molar-refractivity contribution in [3.63, 3.8) is 0 Å². The lowest BCUT2D eigenvalue weighted by molar-refractivity contribution is -0.145. The van der Waals surface area contributed by atoms with Crippen molar-refractivity contribution in [2.24, 2.45) is 23.1 Å². The third-order valence-corrected chi connectivity index (χ3v) is 10.9. The highest BCUT2D eigenvalue weighted by atomic mass is 16.4. The molecule has 340 valence electrons. The number of likely N-dealkylation sites (tertiary alicyclic amines) is 1. The van der Waals surface area contributed by atoms with E-state index in [0.29, 0.717) is 18.4 Å². The molecule has 1 saturated heterocycles. The van der Waals surface area contributed by atoms with Crippen LogP contribution in [0.3, 0.4) is 0 Å². The number of carboxylic acids is 1. The lowest BCUT2D eigenvalue weighted by Crippen LogP contribution is -2.61. The first-order chi connectivity index (χ1) is 29.9. The monoisotopic (exact) mass is 876 g/mol. The number of carbonyl (C=O) groups is 9. The van der Waals surface area contributed by atoms with Crippen LogP contribution in [0.15, 0.2) is 60.8 Å². The SMILES string of the molecule is CC[C@H](C)[C@H](NC(=O)[C@H](CC(N)=O)NC(=O)[C@H](CC(N)=O)NC(=O)[C@@H](N)Cc1ccccc1)C(=O)N1CCC[C@H]1C(=O)N[C@@H](Cc1c[nH]c2ccccc12)C(=O)N[C@@H](CO)C(=O)O. The Hall–Kier alpha value is -6.87. The lowest BCUT2D eigenvalue weighted by Gasteiger charge is -2.33. The lowest BCUT2D eigenvalue weighted by atomic mass is 9.96. The molecule has 0 radical (unpaired) electrons. The summed E-state index contributed by atoms with van der Waals surface area (Å²) in [5.41, 5.74) is 19.0. The topological polar surface area (TPSA) is 351 Å². The Morgan fingerprint density at radius 1 is 0.762 bits per heavy atom. The number of amides is 8. The van der Waals surface area contributed by atoms with Crippen molar-refractivity contribution < 1.29 is 53.4 Å². The highest BCUT2D eigenvalue weighted by molar-refractivity contribution is 5.99. The molecule has 0 bridgehead atoms. The third kappa shape index (κ3) is 13.6. The number of carboxylic acid groups (broad SMARTS) is 1. The number of rotatable bonds is 23. The summed E-state index contributed by atoms with van der Waals surface area (Å²) in [7, 11) is 0. The maximum Gasteiger partial charge on any atom is 0.328 e. The third-order valence-electron chi connectivity index (χ3n) is 10.9. The number of aliphatic hydroxyl groups is 1. The molecule has 3 aromatic rings. The van der Waals surface area contributed by atoms with Gasteiger partial charge in [-0.1, -0.05) is 68.8 Å². The molecule has 21 heteroatoms. The summed E-state index contributed by atoms with van der Waals surface area (Å²) in [6, 6.07) is 6.04. The fourth-order valence-electron chi connectivity index (χ4n) is 7.21. The minimum absolute atomic E-state index is 0.0764. The number of carbonyl (C=O) groups excluding carboxylic acids is 8. The second kappa shape index (κ2) is 22.8. The van der Waals surface area contributed by atoms with Crippen molar-refractivity contribution >= 4 is 64.1 Å². The fraction of sp³-hybridized carbons (Fsp3) is 0.452. The quantitative estimate of drug-likeness (QED) is 0.0474. The number of aromatic amines is 1. The largest absolute Gasteiger partial charge is 0.480 e. The van der Waals surface area contributed by atoms with E-state index in [1.807, 2.05) is 6.07 Å². The minimum atomic E-state index is -1.70. The second-order valence-corrected chi connectivity index (χ2v) is 15.5. The number of aliphatic carboxylic acids is 1. The first-order valence-electron chi connectivity index (χ1n) is 20.5. The van der Waals surface area contributed by atoms with Crippen LogP contribution in [0.1, 0.15) is 57.1 Å². The van der Waals surface area contributed by atoms with Crippen LogP contribution in [0.4, 0.5) is 0 Å². The van der Waals surface area contributed by atoms with Crippen LogP contribution in [0, 0.1) is 5.92 Å². The number of nitrogens with one attached hydrogen (secondary N) is 6. The molecule has 1 aliphatic rings. The predicted molar refractivity (Wildman–Crippen MR) is 226 cm³/mol. The molecular weight excluding hydrogens is 821 g/mol. The van der Waals surface area contributed by atoms with Crippen molar-refractivity contribution in [2.45, 2.75) is 101 Å². The number of aliphatic hydroxyl groups excluding tert-OH is 1. The van der Waals surface area contributed by atoms with Crippen LogP contribution >= 0.6 is 0 Å². The molecule has 63 heavy (non-hydrogen) atoms. The van der Waals surface area contributed by atoms with E-state index < -0.39 is 121 Å². The van der Waals surface area contributed by atoms with Crippen LogP contribution in [-0.2, 0) is 56.0 Å². The van der Waals surface area contributed by atoms with Gasteiger partial charge in [0.05, 0.1) is 25.5 Å². The van der Waals surface area contributed by atoms with E-state index in [9.17, 15) is 53.4 Å². The average Bonchev–Trinajstić information content (AvgIpc) is 3.91. The van der Waals surface area contributed by atoms with Crippen LogP contribution in [0.5, 0.6) is 0 Å². The van der Waals surface area contributed by atoms with Gasteiger partial charge in [-0.15, -0.1) is 0 Å². The number of fused-ring (bicyclic) bond motifs is 1. The number of aromatic nitrogens is 1. The van der Waals surface area contributed by atoms with Crippen molar-refractivity contribution in [3.8, 4) is 0 Å². The van der Waals surface area contributed by atoms with Crippen molar-refractivity contribution in [1.29, 1.82) is 0 Å². The summed E-state index contributed by atoms with van der Waals surface area (Å²) in [5.74, 6) is -9.28. The maximum absolute atomic E-state index is 14.4. The average molecular weight is 877 g/mol. The summed E-state index contributed by atoms with van der Waals surface area (Å²) in [5, 5.41) is 32.0. The van der Waals surface area contributed by atoms with Gasteiger partial charge >= 0.3 is 5.97 Å². The standard InChI is InChI=1S/C42H56N10O11/c1-3-22(2)35(51-39(59)30(19-34(45)55)48-38(58)29(18-33(44)54)47-36(56)26(43)16-23-10-5-4-6-11-23)41(61)52-15-9-14-32(52)40(60)49-28(37(57)50-31(21-53)42(62)63)17-24-20-46-27-13-8-7-12-25(24)27/h4-8,10-13,20,22,26,28-32,35,46,53H,3,9,14-19,21,43H2,1-2H3,(H2,44,54)(H2,45,55)(H,47,56)(H,48,58)(H,49,60)(H,50,57)(H,51,59)(H,62,63)/t22-,26-,28-,29-,30-,31-,32-,35-/m0/s1. The Bertz CT molecular complexity index is 2150. The zero-order valence-corrected chi connectivity index (χ0v) is 35.0. The van der Waals surface area contributed by atoms with Gasteiger partial charge in [0.1, 0.15) is 36.3 Å². The molecule has 0 aliphatic carbocycles. The maximum atomic E-state index is 14.4. The molecule has 4 rings (SSSR count). The van der Waals surface area contributed by atoms with Gasteiger partial charge in [-0.2, -0.15) is 0 Å². The van der Waals surface area contributed by atoms with Gasteiger partial charge in [-0.05, 0) is 42.4 Å². The zero-order valence-electron chi connectivity index (χ0n) is 35.0. The van der Waals surface area contributed by atoms with Gasteiger partial charge in [0.2, 0.25) is 47.3 Å². The van der Waals surface area contributed by atoms with Crippen molar-refractivity contribution in [1.82, 2.24) is 36.5 Å². The van der Waals surface area contributed by atoms with E-state index in [0.717, 1.165) is 16.5 Å². The fourth-order valence-corrected chi connectivity index (χ4v) is 7.21. The Morgan fingerprint density at radius 3 is 1.94 bits per heavy atom. The van der Waals surface area contributed by atoms with Crippen LogP contribution in [-0.4, -0.2) is 129 Å². The number of para-hydroxylation sites is 1. The van der Waals surface area contributed by atoms with Crippen LogP contribution in [0.2, 0.25) is 0 Å². The Morgan fingerprint density at radius 2 is 1.33 bits per heavy atom. The normalized spacial score (nSPS) is 16.9. The molecule has 2 heterocycles. The van der Waals surface area contributed by atoms with E-state index in [1.54, 1.807) is 68.6 Å². The summed E-state index contributed by atoms with van der Waals surface area (Å²) in [6.45, 7) is 2.57. The van der Waals surface area contributed by atoms with E-state index in [-0.39, 0.29) is 25.8 Å². The number of hydrogen-bond acceptors (Lipinski definition) is 11. The molecular formula is C42H56N10O11. The Balaban J connectivity index is 1.52. The summed E-state index contributed by atoms with van der Waals surface area (Å²) >= 11 is 0. The van der Waals surface area contributed by atoms with Crippen LogP contribution in [0.25, 0.3) is 10.9 Å². The second-order valence-electron chi connectivity index (χ2n) is 15.5.